The van der Waals surface area contributed by atoms with Gasteiger partial charge < -0.3 is 19.5 Å². The summed E-state index contributed by atoms with van der Waals surface area (Å²) in [5, 5.41) is 14.0. The second kappa shape index (κ2) is 8.12. The van der Waals surface area contributed by atoms with Crippen LogP contribution < -0.4 is 9.64 Å². The lowest BCUT2D eigenvalue weighted by atomic mass is 9.88. The number of hydrogen-bond acceptors (Lipinski definition) is 8. The van der Waals surface area contributed by atoms with Crippen LogP contribution in [0.3, 0.4) is 0 Å². The number of anilines is 1. The SMILES string of the molecule is Oc1cnc2cc(N3CCOCC3)nc(OC3CCC(c4nccs4)CC3)c2c1. The second-order valence-electron chi connectivity index (χ2n) is 7.61. The van der Waals surface area contributed by atoms with Gasteiger partial charge in [-0.15, -0.1) is 11.3 Å². The molecule has 0 radical (unpaired) electrons. The molecule has 0 aromatic carbocycles. The molecule has 152 valence electrons. The van der Waals surface area contributed by atoms with Crippen molar-refractivity contribution in [2.75, 3.05) is 31.2 Å². The second-order valence-corrected chi connectivity index (χ2v) is 8.53. The molecule has 0 bridgehead atoms. The Morgan fingerprint density at radius 1 is 1.10 bits per heavy atom. The molecular weight excluding hydrogens is 388 g/mol. The minimum absolute atomic E-state index is 0.115. The maximum atomic E-state index is 9.94. The summed E-state index contributed by atoms with van der Waals surface area (Å²) in [6.07, 6.45) is 7.56. The van der Waals surface area contributed by atoms with Gasteiger partial charge in [-0.1, -0.05) is 0 Å². The predicted octanol–water partition coefficient (Wildman–Crippen LogP) is 3.73. The van der Waals surface area contributed by atoms with Gasteiger partial charge in [0.1, 0.15) is 17.7 Å². The smallest absolute Gasteiger partial charge is 0.225 e. The highest BCUT2D eigenvalue weighted by atomic mass is 32.1. The number of nitrogens with zero attached hydrogens (tertiary/aromatic N) is 4. The van der Waals surface area contributed by atoms with Crippen LogP contribution in [-0.2, 0) is 4.74 Å². The van der Waals surface area contributed by atoms with Crippen LogP contribution in [0.5, 0.6) is 11.6 Å². The standard InChI is InChI=1S/C21H24N4O3S/c26-15-11-17-18(23-13-15)12-19(25-6-8-27-9-7-25)24-20(17)28-16-3-1-14(2-4-16)21-22-5-10-29-21/h5,10-14,16,26H,1-4,6-9H2. The van der Waals surface area contributed by atoms with Crippen LogP contribution >= 0.6 is 11.3 Å². The fourth-order valence-corrected chi connectivity index (χ4v) is 4.95. The van der Waals surface area contributed by atoms with Gasteiger partial charge in [-0.05, 0) is 31.7 Å². The summed E-state index contributed by atoms with van der Waals surface area (Å²) in [7, 11) is 0. The zero-order valence-corrected chi connectivity index (χ0v) is 17.0. The minimum atomic E-state index is 0.115. The Labute approximate surface area is 173 Å². The molecule has 1 saturated carbocycles. The van der Waals surface area contributed by atoms with Gasteiger partial charge in [0.25, 0.3) is 0 Å². The first-order chi connectivity index (χ1) is 14.3. The van der Waals surface area contributed by atoms with E-state index in [4.69, 9.17) is 14.5 Å². The Kier molecular flexibility index (Phi) is 5.20. The number of pyridine rings is 2. The third kappa shape index (κ3) is 4.00. The molecule has 2 fully saturated rings. The van der Waals surface area contributed by atoms with Crippen LogP contribution in [-0.4, -0.2) is 52.5 Å². The van der Waals surface area contributed by atoms with Crippen molar-refractivity contribution in [3.8, 4) is 11.6 Å². The van der Waals surface area contributed by atoms with Crippen molar-refractivity contribution in [3.05, 3.63) is 34.9 Å². The lowest BCUT2D eigenvalue weighted by Gasteiger charge is -2.30. The minimum Gasteiger partial charge on any atom is -0.506 e. The van der Waals surface area contributed by atoms with Gasteiger partial charge in [-0.2, -0.15) is 4.98 Å². The van der Waals surface area contributed by atoms with E-state index in [0.717, 1.165) is 55.5 Å². The van der Waals surface area contributed by atoms with Crippen molar-refractivity contribution in [1.29, 1.82) is 0 Å². The van der Waals surface area contributed by atoms with Gasteiger partial charge in [0.05, 0.1) is 35.3 Å². The topological polar surface area (TPSA) is 80.6 Å². The molecule has 5 rings (SSSR count). The molecule has 0 spiro atoms. The van der Waals surface area contributed by atoms with Crippen LogP contribution in [0.2, 0.25) is 0 Å². The highest BCUT2D eigenvalue weighted by Crippen LogP contribution is 2.37. The van der Waals surface area contributed by atoms with E-state index in [1.165, 1.54) is 11.2 Å². The molecule has 29 heavy (non-hydrogen) atoms. The maximum Gasteiger partial charge on any atom is 0.225 e. The first-order valence-electron chi connectivity index (χ1n) is 10.1. The van der Waals surface area contributed by atoms with Crippen LogP contribution in [0.4, 0.5) is 5.82 Å². The number of hydrogen-bond donors (Lipinski definition) is 1. The van der Waals surface area contributed by atoms with Gasteiger partial charge in [0.2, 0.25) is 5.88 Å². The monoisotopic (exact) mass is 412 g/mol. The number of thiazole rings is 1. The van der Waals surface area contributed by atoms with Crippen molar-refractivity contribution in [2.24, 2.45) is 0 Å². The molecule has 0 amide bonds. The van der Waals surface area contributed by atoms with Gasteiger partial charge >= 0.3 is 0 Å². The van der Waals surface area contributed by atoms with Crippen molar-refractivity contribution in [3.63, 3.8) is 0 Å². The van der Waals surface area contributed by atoms with Crippen LogP contribution in [0, 0.1) is 0 Å². The van der Waals surface area contributed by atoms with Crippen molar-refractivity contribution in [2.45, 2.75) is 37.7 Å². The number of aromatic nitrogens is 3. The van der Waals surface area contributed by atoms with E-state index >= 15 is 0 Å². The molecule has 1 aliphatic heterocycles. The molecule has 2 aliphatic rings. The third-order valence-corrected chi connectivity index (χ3v) is 6.64. The summed E-state index contributed by atoms with van der Waals surface area (Å²) >= 11 is 1.74. The Hall–Kier alpha value is -2.45. The summed E-state index contributed by atoms with van der Waals surface area (Å²) in [6, 6.07) is 3.65. The van der Waals surface area contributed by atoms with Crippen LogP contribution in [0.25, 0.3) is 10.9 Å². The number of morpholine rings is 1. The molecular formula is C21H24N4O3S. The van der Waals surface area contributed by atoms with Crippen molar-refractivity contribution in [1.82, 2.24) is 15.0 Å². The third-order valence-electron chi connectivity index (χ3n) is 5.70. The number of rotatable bonds is 4. The molecule has 0 unspecified atom stereocenters. The zero-order chi connectivity index (χ0) is 19.6. The Morgan fingerprint density at radius 3 is 2.69 bits per heavy atom. The number of ether oxygens (including phenoxy) is 2. The number of aromatic hydroxyl groups is 1. The van der Waals surface area contributed by atoms with E-state index in [-0.39, 0.29) is 11.9 Å². The van der Waals surface area contributed by atoms with E-state index < -0.39 is 0 Å². The molecule has 1 N–H and O–H groups in total. The highest BCUT2D eigenvalue weighted by Gasteiger charge is 2.26. The predicted molar refractivity (Wildman–Crippen MR) is 112 cm³/mol. The quantitative estimate of drug-likeness (QED) is 0.699. The zero-order valence-electron chi connectivity index (χ0n) is 16.2. The average molecular weight is 413 g/mol. The van der Waals surface area contributed by atoms with Crippen LogP contribution in [0.1, 0.15) is 36.6 Å². The van der Waals surface area contributed by atoms with Gasteiger partial charge in [-0.3, -0.25) is 4.98 Å². The molecule has 8 heteroatoms. The maximum absolute atomic E-state index is 9.94. The Morgan fingerprint density at radius 2 is 1.93 bits per heavy atom. The fraction of sp³-hybridized carbons (Fsp3) is 0.476. The summed E-state index contributed by atoms with van der Waals surface area (Å²) in [6.45, 7) is 2.99. The van der Waals surface area contributed by atoms with E-state index in [9.17, 15) is 5.11 Å². The molecule has 1 aliphatic carbocycles. The Balaban J connectivity index is 1.38. The molecule has 1 saturated heterocycles. The van der Waals surface area contributed by atoms with Gasteiger partial charge in [-0.25, -0.2) is 4.98 Å². The molecule has 3 aromatic heterocycles. The molecule has 0 atom stereocenters. The average Bonchev–Trinajstić information content (AvgIpc) is 3.30. The van der Waals surface area contributed by atoms with E-state index in [1.807, 2.05) is 17.6 Å². The summed E-state index contributed by atoms with van der Waals surface area (Å²) in [5.74, 6) is 2.07. The lowest BCUT2D eigenvalue weighted by molar-refractivity contribution is 0.122. The summed E-state index contributed by atoms with van der Waals surface area (Å²) in [5.41, 5.74) is 0.783. The van der Waals surface area contributed by atoms with E-state index in [1.54, 1.807) is 17.4 Å². The Bertz CT molecular complexity index is 967. The normalized spacial score (nSPS) is 22.7. The fourth-order valence-electron chi connectivity index (χ4n) is 4.14. The number of fused-ring (bicyclic) bond motifs is 1. The highest BCUT2D eigenvalue weighted by molar-refractivity contribution is 7.09. The summed E-state index contributed by atoms with van der Waals surface area (Å²) in [4.78, 5) is 15.9. The van der Waals surface area contributed by atoms with Crippen LogP contribution in [0.15, 0.2) is 29.9 Å². The lowest BCUT2D eigenvalue weighted by Crippen LogP contribution is -2.36. The van der Waals surface area contributed by atoms with Gasteiger partial charge in [0, 0.05) is 36.7 Å². The first kappa shape index (κ1) is 18.6. The summed E-state index contributed by atoms with van der Waals surface area (Å²) < 4.78 is 11.8. The molecule has 4 heterocycles. The first-order valence-corrected chi connectivity index (χ1v) is 11.0. The van der Waals surface area contributed by atoms with Crippen molar-refractivity contribution < 1.29 is 14.6 Å². The van der Waals surface area contributed by atoms with Crippen molar-refractivity contribution >= 4 is 28.1 Å². The largest absolute Gasteiger partial charge is 0.506 e. The molecule has 7 nitrogen and oxygen atoms in total. The van der Waals surface area contributed by atoms with E-state index in [2.05, 4.69) is 14.9 Å². The van der Waals surface area contributed by atoms with Gasteiger partial charge in [0.15, 0.2) is 0 Å². The molecule has 3 aromatic rings. The van der Waals surface area contributed by atoms with E-state index in [0.29, 0.717) is 25.0 Å².